The van der Waals surface area contributed by atoms with Crippen LogP contribution in [0.4, 0.5) is 0 Å². The molecular weight excluding hydrogens is 280 g/mol. The van der Waals surface area contributed by atoms with Gasteiger partial charge in [-0.2, -0.15) is 0 Å². The van der Waals surface area contributed by atoms with E-state index >= 15 is 0 Å². The van der Waals surface area contributed by atoms with Gasteiger partial charge in [0.25, 0.3) is 0 Å². The second kappa shape index (κ2) is 5.02. The molecule has 0 amide bonds. The zero-order valence-corrected chi connectivity index (χ0v) is 12.3. The molecule has 0 N–H and O–H groups in total. The summed E-state index contributed by atoms with van der Waals surface area (Å²) in [5.41, 5.74) is 2.67. The van der Waals surface area contributed by atoms with E-state index in [1.807, 2.05) is 29.0 Å². The first kappa shape index (κ1) is 13.1. The van der Waals surface area contributed by atoms with Crippen LogP contribution in [0.25, 0.3) is 16.7 Å². The van der Waals surface area contributed by atoms with Crippen molar-refractivity contribution in [2.75, 3.05) is 6.61 Å². The molecule has 0 unspecified atom stereocenters. The van der Waals surface area contributed by atoms with Gasteiger partial charge in [-0.1, -0.05) is 12.1 Å². The van der Waals surface area contributed by atoms with Crippen LogP contribution in [0.3, 0.4) is 0 Å². The maximum absolute atomic E-state index is 11.8. The van der Waals surface area contributed by atoms with Gasteiger partial charge in [0.1, 0.15) is 0 Å². The molecule has 0 bridgehead atoms. The number of hydrogen-bond donors (Lipinski definition) is 0. The number of fused-ring (bicyclic) bond motifs is 1. The first-order valence-corrected chi connectivity index (χ1v) is 7.50. The molecule has 0 radical (unpaired) electrons. The van der Waals surface area contributed by atoms with Crippen molar-refractivity contribution >= 4 is 16.9 Å². The van der Waals surface area contributed by atoms with E-state index in [9.17, 15) is 4.79 Å². The number of furan rings is 1. The highest BCUT2D eigenvalue weighted by atomic mass is 16.5. The fourth-order valence-electron chi connectivity index (χ4n) is 2.61. The number of hydrogen-bond acceptors (Lipinski definition) is 4. The summed E-state index contributed by atoms with van der Waals surface area (Å²) in [4.78, 5) is 16.3. The lowest BCUT2D eigenvalue weighted by atomic mass is 10.2. The number of ether oxygens (including phenoxy) is 1. The maximum Gasteiger partial charge on any atom is 0.374 e. The number of rotatable bonds is 4. The molecule has 3 aromatic rings. The number of carbonyl (C=O) groups is 1. The van der Waals surface area contributed by atoms with Gasteiger partial charge in [-0.05, 0) is 31.9 Å². The van der Waals surface area contributed by atoms with E-state index in [-0.39, 0.29) is 5.76 Å². The summed E-state index contributed by atoms with van der Waals surface area (Å²) in [6.45, 7) is 2.10. The summed E-state index contributed by atoms with van der Waals surface area (Å²) in [6.07, 6.45) is 6.28. The standard InChI is InChI=1S/C17H16N2O3/c1-2-21-17(20)15-8-12-4-3-5-14(16(12)22-15)19-9-13(18-10-19)11-6-7-11/h3-5,8-11H,2,6-7H2,1H3. The first-order chi connectivity index (χ1) is 10.8. The lowest BCUT2D eigenvalue weighted by Crippen LogP contribution is -2.02. The van der Waals surface area contributed by atoms with Crippen molar-refractivity contribution in [2.24, 2.45) is 0 Å². The number of imidazole rings is 1. The van der Waals surface area contributed by atoms with Gasteiger partial charge in [-0.3, -0.25) is 0 Å². The molecule has 0 saturated heterocycles. The molecule has 5 heteroatoms. The van der Waals surface area contributed by atoms with Crippen LogP contribution in [0, 0.1) is 0 Å². The lowest BCUT2D eigenvalue weighted by Gasteiger charge is -2.02. The third-order valence-corrected chi connectivity index (χ3v) is 3.88. The predicted octanol–water partition coefficient (Wildman–Crippen LogP) is 3.67. The zero-order valence-electron chi connectivity index (χ0n) is 12.3. The Bertz CT molecular complexity index is 843. The van der Waals surface area contributed by atoms with Crippen molar-refractivity contribution in [1.29, 1.82) is 0 Å². The molecule has 4 rings (SSSR count). The van der Waals surface area contributed by atoms with Crippen molar-refractivity contribution < 1.29 is 13.9 Å². The van der Waals surface area contributed by atoms with Crippen LogP contribution in [0.2, 0.25) is 0 Å². The Kier molecular flexibility index (Phi) is 2.99. The van der Waals surface area contributed by atoms with Gasteiger partial charge in [0, 0.05) is 17.5 Å². The topological polar surface area (TPSA) is 57.3 Å². The zero-order chi connectivity index (χ0) is 15.1. The number of esters is 1. The summed E-state index contributed by atoms with van der Waals surface area (Å²) in [7, 11) is 0. The van der Waals surface area contributed by atoms with E-state index in [4.69, 9.17) is 9.15 Å². The van der Waals surface area contributed by atoms with Gasteiger partial charge in [-0.25, -0.2) is 9.78 Å². The Hall–Kier alpha value is -2.56. The average Bonchev–Trinajstić information content (AvgIpc) is 3.10. The average molecular weight is 296 g/mol. The smallest absolute Gasteiger partial charge is 0.374 e. The highest BCUT2D eigenvalue weighted by molar-refractivity contribution is 5.95. The summed E-state index contributed by atoms with van der Waals surface area (Å²) in [5, 5.41) is 0.877. The molecule has 22 heavy (non-hydrogen) atoms. The van der Waals surface area contributed by atoms with Crippen molar-refractivity contribution in [2.45, 2.75) is 25.7 Å². The Morgan fingerprint density at radius 2 is 2.32 bits per heavy atom. The van der Waals surface area contributed by atoms with Crippen molar-refractivity contribution in [1.82, 2.24) is 9.55 Å². The molecule has 0 atom stereocenters. The van der Waals surface area contributed by atoms with E-state index in [1.165, 1.54) is 12.8 Å². The van der Waals surface area contributed by atoms with E-state index in [1.54, 1.807) is 19.3 Å². The molecule has 0 spiro atoms. The van der Waals surface area contributed by atoms with Crippen LogP contribution in [-0.2, 0) is 4.74 Å². The van der Waals surface area contributed by atoms with Gasteiger partial charge in [0.15, 0.2) is 5.58 Å². The number of para-hydroxylation sites is 1. The van der Waals surface area contributed by atoms with Crippen molar-refractivity contribution in [3.8, 4) is 5.69 Å². The maximum atomic E-state index is 11.8. The SMILES string of the molecule is CCOC(=O)c1cc2cccc(-n3cnc(C4CC4)c3)c2o1. The minimum atomic E-state index is -0.436. The summed E-state index contributed by atoms with van der Waals surface area (Å²) in [5.74, 6) is 0.396. The van der Waals surface area contributed by atoms with Crippen LogP contribution in [0.15, 0.2) is 41.2 Å². The Morgan fingerprint density at radius 3 is 3.09 bits per heavy atom. The second-order valence-electron chi connectivity index (χ2n) is 5.51. The van der Waals surface area contributed by atoms with Crippen LogP contribution < -0.4 is 0 Å². The van der Waals surface area contributed by atoms with Gasteiger partial charge < -0.3 is 13.7 Å². The van der Waals surface area contributed by atoms with Gasteiger partial charge >= 0.3 is 5.97 Å². The molecule has 1 saturated carbocycles. The van der Waals surface area contributed by atoms with Crippen LogP contribution in [0.5, 0.6) is 0 Å². The van der Waals surface area contributed by atoms with Gasteiger partial charge in [0.2, 0.25) is 5.76 Å². The van der Waals surface area contributed by atoms with Crippen LogP contribution in [-0.4, -0.2) is 22.1 Å². The Morgan fingerprint density at radius 1 is 1.45 bits per heavy atom. The van der Waals surface area contributed by atoms with E-state index in [0.29, 0.717) is 18.1 Å². The molecule has 0 aliphatic heterocycles. The number of nitrogens with zero attached hydrogens (tertiary/aromatic N) is 2. The molecule has 1 aliphatic carbocycles. The molecule has 5 nitrogen and oxygen atoms in total. The highest BCUT2D eigenvalue weighted by Crippen LogP contribution is 2.39. The fraction of sp³-hybridized carbons (Fsp3) is 0.294. The Labute approximate surface area is 127 Å². The van der Waals surface area contributed by atoms with E-state index in [2.05, 4.69) is 4.98 Å². The van der Waals surface area contributed by atoms with E-state index < -0.39 is 5.97 Å². The van der Waals surface area contributed by atoms with E-state index in [0.717, 1.165) is 16.8 Å². The third-order valence-electron chi connectivity index (χ3n) is 3.88. The van der Waals surface area contributed by atoms with Crippen LogP contribution >= 0.6 is 0 Å². The predicted molar refractivity (Wildman–Crippen MR) is 81.3 cm³/mol. The molecule has 1 aromatic carbocycles. The molecule has 1 aliphatic rings. The first-order valence-electron chi connectivity index (χ1n) is 7.50. The molecule has 2 heterocycles. The Balaban J connectivity index is 1.77. The van der Waals surface area contributed by atoms with Gasteiger partial charge in [-0.15, -0.1) is 0 Å². The second-order valence-corrected chi connectivity index (χ2v) is 5.51. The normalized spacial score (nSPS) is 14.4. The molecule has 1 fully saturated rings. The quantitative estimate of drug-likeness (QED) is 0.689. The fourth-order valence-corrected chi connectivity index (χ4v) is 2.61. The molecule has 2 aromatic heterocycles. The monoisotopic (exact) mass is 296 g/mol. The number of benzene rings is 1. The van der Waals surface area contributed by atoms with Crippen LogP contribution in [0.1, 0.15) is 41.9 Å². The minimum absolute atomic E-state index is 0.229. The molecule has 112 valence electrons. The lowest BCUT2D eigenvalue weighted by molar-refractivity contribution is 0.0492. The van der Waals surface area contributed by atoms with Crippen molar-refractivity contribution in [3.05, 3.63) is 48.2 Å². The summed E-state index contributed by atoms with van der Waals surface area (Å²) >= 11 is 0. The highest BCUT2D eigenvalue weighted by Gasteiger charge is 2.26. The third kappa shape index (κ3) is 2.19. The summed E-state index contributed by atoms with van der Waals surface area (Å²) < 4.78 is 12.7. The molecular formula is C17H16N2O3. The van der Waals surface area contributed by atoms with Gasteiger partial charge in [0.05, 0.1) is 24.3 Å². The largest absolute Gasteiger partial charge is 0.460 e. The number of aromatic nitrogens is 2. The summed E-state index contributed by atoms with van der Waals surface area (Å²) in [6, 6.07) is 7.54. The number of carbonyl (C=O) groups excluding carboxylic acids is 1. The van der Waals surface area contributed by atoms with Crippen molar-refractivity contribution in [3.63, 3.8) is 0 Å². The minimum Gasteiger partial charge on any atom is -0.460 e.